The highest BCUT2D eigenvalue weighted by molar-refractivity contribution is 5.45. The zero-order chi connectivity index (χ0) is 23.6. The first kappa shape index (κ1) is 24.1. The van der Waals surface area contributed by atoms with Crippen molar-refractivity contribution < 1.29 is 14.2 Å². The number of piperazine rings is 1. The quantitative estimate of drug-likeness (QED) is 0.406. The molecule has 0 unspecified atom stereocenters. The number of ether oxygens (including phenoxy) is 3. The van der Waals surface area contributed by atoms with Gasteiger partial charge in [-0.1, -0.05) is 60.7 Å². The van der Waals surface area contributed by atoms with Crippen LogP contribution in [0.2, 0.25) is 0 Å². The lowest BCUT2D eigenvalue weighted by molar-refractivity contribution is 0.115. The summed E-state index contributed by atoms with van der Waals surface area (Å²) < 4.78 is 16.6. The van der Waals surface area contributed by atoms with Gasteiger partial charge in [0.25, 0.3) is 0 Å². The lowest BCUT2D eigenvalue weighted by Gasteiger charge is -2.35. The van der Waals surface area contributed by atoms with Crippen LogP contribution in [0.5, 0.6) is 17.2 Å². The first-order valence-electron chi connectivity index (χ1n) is 12.2. The summed E-state index contributed by atoms with van der Waals surface area (Å²) >= 11 is 0. The highest BCUT2D eigenvalue weighted by atomic mass is 16.5. The van der Waals surface area contributed by atoms with E-state index in [2.05, 4.69) is 70.5 Å². The summed E-state index contributed by atoms with van der Waals surface area (Å²) in [7, 11) is 3.28. The van der Waals surface area contributed by atoms with Gasteiger partial charge in [0, 0.05) is 44.7 Å². The topological polar surface area (TPSA) is 34.2 Å². The lowest BCUT2D eigenvalue weighted by Crippen LogP contribution is -2.47. The average molecular weight is 461 g/mol. The molecular formula is C29H36N2O3. The summed E-state index contributed by atoms with van der Waals surface area (Å²) in [6, 6.07) is 27.5. The van der Waals surface area contributed by atoms with Crippen molar-refractivity contribution in [2.75, 3.05) is 60.1 Å². The van der Waals surface area contributed by atoms with Crippen LogP contribution in [0.15, 0.2) is 78.9 Å². The Kier molecular flexibility index (Phi) is 8.83. The third-order valence-corrected chi connectivity index (χ3v) is 6.63. The molecule has 0 saturated carbocycles. The van der Waals surface area contributed by atoms with Crippen LogP contribution in [0.4, 0.5) is 0 Å². The zero-order valence-corrected chi connectivity index (χ0v) is 20.4. The molecule has 0 aliphatic carbocycles. The molecule has 1 aliphatic heterocycles. The number of rotatable bonds is 11. The Morgan fingerprint density at radius 3 is 1.79 bits per heavy atom. The molecule has 1 heterocycles. The van der Waals surface area contributed by atoms with Crippen LogP contribution in [0.25, 0.3) is 0 Å². The van der Waals surface area contributed by atoms with Crippen molar-refractivity contribution in [1.82, 2.24) is 9.80 Å². The summed E-state index contributed by atoms with van der Waals surface area (Å²) in [5.74, 6) is 2.66. The fourth-order valence-electron chi connectivity index (χ4n) is 4.64. The Hall–Kier alpha value is -3.02. The van der Waals surface area contributed by atoms with E-state index in [0.717, 1.165) is 51.4 Å². The van der Waals surface area contributed by atoms with Crippen molar-refractivity contribution in [3.05, 3.63) is 90.0 Å². The van der Waals surface area contributed by atoms with Crippen LogP contribution in [0.1, 0.15) is 23.5 Å². The molecule has 1 saturated heterocycles. The third-order valence-electron chi connectivity index (χ3n) is 6.63. The van der Waals surface area contributed by atoms with Gasteiger partial charge in [0.1, 0.15) is 12.4 Å². The minimum atomic E-state index is 0.440. The summed E-state index contributed by atoms with van der Waals surface area (Å²) in [6.07, 6.45) is 1.14. The molecule has 0 bridgehead atoms. The van der Waals surface area contributed by atoms with Gasteiger partial charge in [-0.3, -0.25) is 4.90 Å². The normalized spacial score (nSPS) is 14.8. The second kappa shape index (κ2) is 12.4. The highest BCUT2D eigenvalue weighted by Crippen LogP contribution is 2.31. The minimum absolute atomic E-state index is 0.440. The largest absolute Gasteiger partial charge is 0.493 e. The molecule has 0 aromatic heterocycles. The van der Waals surface area contributed by atoms with Crippen molar-refractivity contribution >= 4 is 0 Å². The van der Waals surface area contributed by atoms with Crippen LogP contribution in [-0.2, 0) is 0 Å². The third kappa shape index (κ3) is 6.52. The van der Waals surface area contributed by atoms with Crippen molar-refractivity contribution in [3.8, 4) is 17.2 Å². The second-order valence-electron chi connectivity index (χ2n) is 8.71. The van der Waals surface area contributed by atoms with Gasteiger partial charge in [-0.05, 0) is 36.2 Å². The maximum absolute atomic E-state index is 5.96. The standard InChI is InChI=1S/C29H36N2O3/c1-32-28-14-13-26(23-29(28)33-2)34-22-21-31-19-17-30(18-20-31)16-15-27(24-9-5-3-6-10-24)25-11-7-4-8-12-25/h3-14,23,27H,15-22H2,1-2H3. The number of nitrogens with zero attached hydrogens (tertiary/aromatic N) is 2. The van der Waals surface area contributed by atoms with Gasteiger partial charge in [-0.25, -0.2) is 0 Å². The van der Waals surface area contributed by atoms with Gasteiger partial charge in [0.2, 0.25) is 0 Å². The molecule has 180 valence electrons. The predicted octanol–water partition coefficient (Wildman–Crippen LogP) is 4.92. The molecule has 0 spiro atoms. The van der Waals surface area contributed by atoms with Crippen molar-refractivity contribution in [2.24, 2.45) is 0 Å². The van der Waals surface area contributed by atoms with E-state index in [1.807, 2.05) is 18.2 Å². The molecule has 34 heavy (non-hydrogen) atoms. The van der Waals surface area contributed by atoms with Gasteiger partial charge in [-0.15, -0.1) is 0 Å². The molecule has 3 aromatic rings. The number of benzene rings is 3. The Morgan fingerprint density at radius 2 is 1.24 bits per heavy atom. The Bertz CT molecular complexity index is 949. The maximum atomic E-state index is 5.96. The molecule has 4 rings (SSSR count). The van der Waals surface area contributed by atoms with Crippen LogP contribution >= 0.6 is 0 Å². The van der Waals surface area contributed by atoms with Gasteiger partial charge >= 0.3 is 0 Å². The number of hydrogen-bond acceptors (Lipinski definition) is 5. The summed E-state index contributed by atoms with van der Waals surface area (Å²) in [5.41, 5.74) is 2.80. The highest BCUT2D eigenvalue weighted by Gasteiger charge is 2.20. The van der Waals surface area contributed by atoms with E-state index in [4.69, 9.17) is 14.2 Å². The summed E-state index contributed by atoms with van der Waals surface area (Å²) in [6.45, 7) is 7.08. The number of methoxy groups -OCH3 is 2. The monoisotopic (exact) mass is 460 g/mol. The van der Waals surface area contributed by atoms with E-state index in [-0.39, 0.29) is 0 Å². The van der Waals surface area contributed by atoms with Crippen LogP contribution in [0.3, 0.4) is 0 Å². The molecule has 5 heteroatoms. The summed E-state index contributed by atoms with van der Waals surface area (Å²) in [5, 5.41) is 0. The summed E-state index contributed by atoms with van der Waals surface area (Å²) in [4.78, 5) is 5.09. The molecule has 0 amide bonds. The van der Waals surface area contributed by atoms with Gasteiger partial charge in [-0.2, -0.15) is 0 Å². The first-order valence-corrected chi connectivity index (χ1v) is 12.2. The molecule has 0 atom stereocenters. The fourth-order valence-corrected chi connectivity index (χ4v) is 4.64. The van der Waals surface area contributed by atoms with Crippen LogP contribution in [0, 0.1) is 0 Å². The molecule has 0 N–H and O–H groups in total. The van der Waals surface area contributed by atoms with Crippen molar-refractivity contribution in [1.29, 1.82) is 0 Å². The van der Waals surface area contributed by atoms with E-state index in [1.54, 1.807) is 14.2 Å². The maximum Gasteiger partial charge on any atom is 0.164 e. The molecular weight excluding hydrogens is 424 g/mol. The van der Waals surface area contributed by atoms with E-state index in [0.29, 0.717) is 24.0 Å². The molecule has 3 aromatic carbocycles. The first-order chi connectivity index (χ1) is 16.8. The van der Waals surface area contributed by atoms with E-state index in [1.165, 1.54) is 11.1 Å². The van der Waals surface area contributed by atoms with Crippen LogP contribution < -0.4 is 14.2 Å². The molecule has 1 fully saturated rings. The molecule has 5 nitrogen and oxygen atoms in total. The van der Waals surface area contributed by atoms with E-state index >= 15 is 0 Å². The number of hydrogen-bond donors (Lipinski definition) is 0. The van der Waals surface area contributed by atoms with Crippen molar-refractivity contribution in [2.45, 2.75) is 12.3 Å². The molecule has 1 aliphatic rings. The lowest BCUT2D eigenvalue weighted by atomic mass is 9.88. The zero-order valence-electron chi connectivity index (χ0n) is 20.4. The van der Waals surface area contributed by atoms with Crippen LogP contribution in [-0.4, -0.2) is 69.9 Å². The predicted molar refractivity (Wildman–Crippen MR) is 137 cm³/mol. The van der Waals surface area contributed by atoms with Gasteiger partial charge < -0.3 is 19.1 Å². The second-order valence-corrected chi connectivity index (χ2v) is 8.71. The minimum Gasteiger partial charge on any atom is -0.493 e. The fraction of sp³-hybridized carbons (Fsp3) is 0.379. The Labute approximate surface area is 203 Å². The van der Waals surface area contributed by atoms with E-state index in [9.17, 15) is 0 Å². The SMILES string of the molecule is COc1ccc(OCCN2CCN(CCC(c3ccccc3)c3ccccc3)CC2)cc1OC. The molecule has 0 radical (unpaired) electrons. The Balaban J connectivity index is 1.22. The van der Waals surface area contributed by atoms with E-state index < -0.39 is 0 Å². The van der Waals surface area contributed by atoms with Gasteiger partial charge in [0.15, 0.2) is 11.5 Å². The average Bonchev–Trinajstić information content (AvgIpc) is 2.91. The van der Waals surface area contributed by atoms with Crippen molar-refractivity contribution in [3.63, 3.8) is 0 Å². The Morgan fingerprint density at radius 1 is 0.676 bits per heavy atom. The smallest absolute Gasteiger partial charge is 0.164 e. The van der Waals surface area contributed by atoms with Gasteiger partial charge in [0.05, 0.1) is 14.2 Å².